The lowest BCUT2D eigenvalue weighted by atomic mass is 10.2. The fourth-order valence-electron chi connectivity index (χ4n) is 2.94. The molecule has 0 aliphatic carbocycles. The molecule has 0 saturated carbocycles. The standard InChI is InChI=1S/C22H18N4O9S2/c1-3-36(31,32)14-8-9-16(18(10-14)37(33,34)35)24-26-20-17(27)11-15(22(29)30)19(21(20)28)25-23-13-6-4-12(2)5-7-13/h3-11,23-24H,1H2,2H3,(H,29,30)(H,33,34,35). The first-order chi connectivity index (χ1) is 17.2. The maximum Gasteiger partial charge on any atom is 0.338 e. The molecule has 0 bridgehead atoms. The Morgan fingerprint density at radius 3 is 2.14 bits per heavy atom. The van der Waals surface area contributed by atoms with Crippen molar-refractivity contribution < 1.29 is 31.3 Å². The Bertz CT molecular complexity index is 1860. The zero-order valence-corrected chi connectivity index (χ0v) is 20.5. The van der Waals surface area contributed by atoms with Gasteiger partial charge in [-0.25, -0.2) is 13.2 Å². The highest BCUT2D eigenvalue weighted by Crippen LogP contribution is 2.25. The number of carbonyl (C=O) groups is 1. The van der Waals surface area contributed by atoms with Crippen LogP contribution in [-0.2, 0) is 20.0 Å². The largest absolute Gasteiger partial charge is 0.478 e. The maximum absolute atomic E-state index is 12.9. The van der Waals surface area contributed by atoms with Crippen molar-refractivity contribution >= 4 is 37.3 Å². The van der Waals surface area contributed by atoms with Crippen LogP contribution in [-0.4, -0.2) is 32.5 Å². The molecule has 0 fully saturated rings. The van der Waals surface area contributed by atoms with E-state index in [1.165, 1.54) is 0 Å². The molecule has 0 saturated heterocycles. The second-order valence-corrected chi connectivity index (χ2v) is 10.7. The maximum atomic E-state index is 12.9. The normalized spacial score (nSPS) is 12.8. The van der Waals surface area contributed by atoms with E-state index in [1.807, 2.05) is 6.92 Å². The first-order valence-corrected chi connectivity index (χ1v) is 13.0. The molecule has 37 heavy (non-hydrogen) atoms. The third kappa shape index (κ3) is 6.03. The van der Waals surface area contributed by atoms with Crippen molar-refractivity contribution in [2.45, 2.75) is 16.7 Å². The van der Waals surface area contributed by atoms with Crippen LogP contribution in [0, 0.1) is 6.92 Å². The Hall–Kier alpha value is -4.47. The van der Waals surface area contributed by atoms with E-state index < -0.39 is 68.5 Å². The minimum Gasteiger partial charge on any atom is -0.478 e. The number of hydrogen-bond donors (Lipinski definition) is 4. The highest BCUT2D eigenvalue weighted by Gasteiger charge is 2.21. The first kappa shape index (κ1) is 27.1. The van der Waals surface area contributed by atoms with E-state index in [0.717, 1.165) is 17.7 Å². The van der Waals surface area contributed by atoms with E-state index in [2.05, 4.69) is 27.6 Å². The van der Waals surface area contributed by atoms with Crippen LogP contribution in [0.1, 0.15) is 15.9 Å². The topological polar surface area (TPSA) is 209 Å². The molecular formula is C22H18N4O9S2. The third-order valence-electron chi connectivity index (χ3n) is 4.84. The first-order valence-electron chi connectivity index (χ1n) is 10.0. The molecule has 192 valence electrons. The molecule has 0 atom stereocenters. The smallest absolute Gasteiger partial charge is 0.338 e. The molecule has 0 aromatic heterocycles. The Kier molecular flexibility index (Phi) is 7.52. The molecule has 3 aromatic rings. The number of sulfone groups is 1. The van der Waals surface area contributed by atoms with Crippen molar-refractivity contribution in [3.8, 4) is 0 Å². The van der Waals surface area contributed by atoms with Gasteiger partial charge in [-0.3, -0.25) is 25.0 Å². The molecule has 0 aliphatic heterocycles. The van der Waals surface area contributed by atoms with Gasteiger partial charge < -0.3 is 5.11 Å². The Morgan fingerprint density at radius 1 is 0.946 bits per heavy atom. The number of carboxylic acid groups (broad SMARTS) is 1. The number of carboxylic acids is 1. The molecule has 0 spiro atoms. The molecule has 0 aliphatic rings. The lowest BCUT2D eigenvalue weighted by Gasteiger charge is -2.08. The Morgan fingerprint density at radius 2 is 1.57 bits per heavy atom. The fourth-order valence-corrected chi connectivity index (χ4v) is 4.41. The zero-order chi connectivity index (χ0) is 27.5. The minimum atomic E-state index is -5.00. The predicted molar refractivity (Wildman–Crippen MR) is 132 cm³/mol. The van der Waals surface area contributed by atoms with E-state index in [4.69, 9.17) is 0 Å². The van der Waals surface area contributed by atoms with Crippen LogP contribution in [0.4, 0.5) is 11.4 Å². The summed E-state index contributed by atoms with van der Waals surface area (Å²) in [6, 6.07) is 9.84. The van der Waals surface area contributed by atoms with Crippen LogP contribution in [0.5, 0.6) is 0 Å². The number of hydrogen-bond acceptors (Lipinski definition) is 11. The molecule has 0 heterocycles. The van der Waals surface area contributed by atoms with Gasteiger partial charge in [-0.2, -0.15) is 18.6 Å². The van der Waals surface area contributed by atoms with E-state index in [1.54, 1.807) is 24.3 Å². The van der Waals surface area contributed by atoms with Gasteiger partial charge in [0.05, 0.1) is 21.8 Å². The lowest BCUT2D eigenvalue weighted by Crippen LogP contribution is -2.50. The molecule has 3 aromatic carbocycles. The van der Waals surface area contributed by atoms with Crippen molar-refractivity contribution in [1.82, 2.24) is 0 Å². The van der Waals surface area contributed by atoms with Crippen LogP contribution < -0.4 is 32.4 Å². The van der Waals surface area contributed by atoms with Crippen LogP contribution in [0.3, 0.4) is 0 Å². The average Bonchev–Trinajstić information content (AvgIpc) is 2.83. The highest BCUT2D eigenvalue weighted by molar-refractivity contribution is 7.94. The van der Waals surface area contributed by atoms with E-state index in [0.29, 0.717) is 23.2 Å². The molecule has 3 rings (SSSR count). The highest BCUT2D eigenvalue weighted by atomic mass is 32.2. The number of anilines is 2. The summed E-state index contributed by atoms with van der Waals surface area (Å²) >= 11 is 0. The lowest BCUT2D eigenvalue weighted by molar-refractivity contribution is 0.0694. The second-order valence-electron chi connectivity index (χ2n) is 7.41. The van der Waals surface area contributed by atoms with Gasteiger partial charge in [0.25, 0.3) is 10.1 Å². The van der Waals surface area contributed by atoms with Crippen LogP contribution in [0.25, 0.3) is 0 Å². The van der Waals surface area contributed by atoms with Gasteiger partial charge in [0.2, 0.25) is 10.9 Å². The van der Waals surface area contributed by atoms with Gasteiger partial charge in [-0.05, 0) is 37.3 Å². The second kappa shape index (κ2) is 10.3. The molecule has 0 radical (unpaired) electrons. The van der Waals surface area contributed by atoms with E-state index in [9.17, 15) is 40.9 Å². The van der Waals surface area contributed by atoms with Gasteiger partial charge in [0.15, 0.2) is 15.2 Å². The summed E-state index contributed by atoms with van der Waals surface area (Å²) in [6.45, 7) is 4.96. The summed E-state index contributed by atoms with van der Waals surface area (Å²) in [4.78, 5) is 35.5. The van der Waals surface area contributed by atoms with Gasteiger partial charge in [-0.15, -0.1) is 0 Å². The van der Waals surface area contributed by atoms with Crippen molar-refractivity contribution in [2.75, 3.05) is 10.9 Å². The van der Waals surface area contributed by atoms with Gasteiger partial charge in [0.1, 0.15) is 10.3 Å². The number of nitrogens with zero attached hydrogens (tertiary/aromatic N) is 2. The number of benzene rings is 3. The molecule has 0 unspecified atom stereocenters. The molecular weight excluding hydrogens is 528 g/mol. The van der Waals surface area contributed by atoms with Crippen molar-refractivity contribution in [3.63, 3.8) is 0 Å². The summed E-state index contributed by atoms with van der Waals surface area (Å²) < 4.78 is 57.1. The van der Waals surface area contributed by atoms with Gasteiger partial charge >= 0.3 is 5.97 Å². The summed E-state index contributed by atoms with van der Waals surface area (Å²) in [5.74, 6) is -1.61. The molecule has 0 amide bonds. The summed E-state index contributed by atoms with van der Waals surface area (Å²) in [5, 5.41) is 15.9. The minimum absolute atomic E-state index is 0.413. The molecule has 4 N–H and O–H groups in total. The predicted octanol–water partition coefficient (Wildman–Crippen LogP) is 0.309. The van der Waals surface area contributed by atoms with Crippen LogP contribution in [0.2, 0.25) is 0 Å². The number of rotatable bonds is 8. The van der Waals surface area contributed by atoms with E-state index in [-0.39, 0.29) is 0 Å². The van der Waals surface area contributed by atoms with Crippen LogP contribution >= 0.6 is 0 Å². The van der Waals surface area contributed by atoms with E-state index >= 15 is 0 Å². The molecule has 15 heteroatoms. The number of aryl methyl sites for hydroxylation is 1. The van der Waals surface area contributed by atoms with Gasteiger partial charge in [-0.1, -0.05) is 24.3 Å². The van der Waals surface area contributed by atoms with Crippen molar-refractivity contribution in [3.05, 3.63) is 103 Å². The number of aromatic carboxylic acids is 1. The molecule has 13 nitrogen and oxygen atoms in total. The monoisotopic (exact) mass is 546 g/mol. The Balaban J connectivity index is 2.18. The summed E-state index contributed by atoms with van der Waals surface area (Å²) in [5.41, 5.74) is 2.49. The zero-order valence-electron chi connectivity index (χ0n) is 18.9. The van der Waals surface area contributed by atoms with Crippen LogP contribution in [0.15, 0.2) is 90.1 Å². The Labute approximate surface area is 209 Å². The number of nitrogens with one attached hydrogen (secondary N) is 2. The van der Waals surface area contributed by atoms with Crippen molar-refractivity contribution in [2.24, 2.45) is 10.2 Å². The summed E-state index contributed by atoms with van der Waals surface area (Å²) in [7, 11) is -9.07. The third-order valence-corrected chi connectivity index (χ3v) is 7.08. The SMILES string of the molecule is C=CS(=O)(=O)c1ccc(NN=c2c(=O)cc(C(=O)O)c(=NNc3ccc(C)cc3)c2=O)c(S(=O)(=O)O)c1. The quantitative estimate of drug-likeness (QED) is 0.223. The summed E-state index contributed by atoms with van der Waals surface area (Å²) in [6.07, 6.45) is 0. The average molecular weight is 547 g/mol. The van der Waals surface area contributed by atoms with Gasteiger partial charge in [0, 0.05) is 11.5 Å². The fraction of sp³-hybridized carbons (Fsp3) is 0.0455. The van der Waals surface area contributed by atoms with Crippen molar-refractivity contribution in [1.29, 1.82) is 0 Å².